The summed E-state index contributed by atoms with van der Waals surface area (Å²) in [5.41, 5.74) is 5.01. The zero-order valence-corrected chi connectivity index (χ0v) is 19.9. The smallest absolute Gasteiger partial charge is 0.264 e. The van der Waals surface area contributed by atoms with Crippen LogP contribution in [0.2, 0.25) is 5.02 Å². The van der Waals surface area contributed by atoms with Gasteiger partial charge in [-0.05, 0) is 53.1 Å². The molecule has 0 aliphatic carbocycles. The van der Waals surface area contributed by atoms with E-state index in [1.807, 2.05) is 29.0 Å². The minimum absolute atomic E-state index is 0.321. The van der Waals surface area contributed by atoms with Crippen molar-refractivity contribution in [2.75, 3.05) is 37.3 Å². The molecule has 1 aliphatic rings. The predicted octanol–water partition coefficient (Wildman–Crippen LogP) is 4.02. The summed E-state index contributed by atoms with van der Waals surface area (Å²) in [4.78, 5) is 16.7. The first-order chi connectivity index (χ1) is 15.8. The van der Waals surface area contributed by atoms with Gasteiger partial charge in [0.2, 0.25) is 10.0 Å². The van der Waals surface area contributed by atoms with Crippen LogP contribution in [-0.2, 0) is 16.6 Å². The van der Waals surface area contributed by atoms with Crippen molar-refractivity contribution in [3.8, 4) is 11.1 Å². The second kappa shape index (κ2) is 9.95. The van der Waals surface area contributed by atoms with E-state index >= 15 is 0 Å². The highest BCUT2D eigenvalue weighted by molar-refractivity contribution is 7.89. The maximum atomic E-state index is 12.0. The van der Waals surface area contributed by atoms with E-state index in [1.54, 1.807) is 12.1 Å². The summed E-state index contributed by atoms with van der Waals surface area (Å²) in [6.07, 6.45) is 0.965. The van der Waals surface area contributed by atoms with Crippen LogP contribution in [0, 0.1) is 0 Å². The van der Waals surface area contributed by atoms with Gasteiger partial charge in [-0.2, -0.15) is 0 Å². The quantitative estimate of drug-likeness (QED) is 0.573. The van der Waals surface area contributed by atoms with E-state index < -0.39 is 15.9 Å². The second-order valence-electron chi connectivity index (χ2n) is 8.18. The Hall–Kier alpha value is -2.87. The number of hydrogen-bond acceptors (Lipinski definition) is 5. The van der Waals surface area contributed by atoms with Crippen LogP contribution in [0.5, 0.6) is 0 Å². The second-order valence-corrected chi connectivity index (χ2v) is 10.4. The van der Waals surface area contributed by atoms with Crippen LogP contribution < -0.4 is 9.62 Å². The number of piperazine rings is 1. The molecule has 1 aliphatic heterocycles. The Morgan fingerprint density at radius 1 is 0.909 bits per heavy atom. The first-order valence-electron chi connectivity index (χ1n) is 10.7. The number of anilines is 1. The topological polar surface area (TPSA) is 69.7 Å². The van der Waals surface area contributed by atoms with Gasteiger partial charge >= 0.3 is 0 Å². The van der Waals surface area contributed by atoms with Gasteiger partial charge in [0.05, 0.1) is 6.26 Å². The molecule has 33 heavy (non-hydrogen) atoms. The molecule has 0 spiro atoms. The molecule has 8 heteroatoms. The number of nitrogens with one attached hydrogen (secondary N) is 1. The fraction of sp³-hybridized carbons (Fsp3) is 0.240. The number of amides is 1. The fourth-order valence-electron chi connectivity index (χ4n) is 4.03. The van der Waals surface area contributed by atoms with E-state index in [0.717, 1.165) is 55.3 Å². The molecule has 4 rings (SSSR count). The molecule has 1 amide bonds. The van der Waals surface area contributed by atoms with E-state index in [9.17, 15) is 13.2 Å². The number of hydrogen-bond donors (Lipinski definition) is 1. The monoisotopic (exact) mass is 483 g/mol. The van der Waals surface area contributed by atoms with Crippen LogP contribution in [-0.4, -0.2) is 51.7 Å². The Kier molecular flexibility index (Phi) is 7.02. The first-order valence-corrected chi connectivity index (χ1v) is 13.0. The molecule has 0 atom stereocenters. The van der Waals surface area contributed by atoms with E-state index in [2.05, 4.69) is 46.2 Å². The molecule has 0 bridgehead atoms. The van der Waals surface area contributed by atoms with Gasteiger partial charge in [-0.3, -0.25) is 9.69 Å². The van der Waals surface area contributed by atoms with Gasteiger partial charge < -0.3 is 4.90 Å². The predicted molar refractivity (Wildman–Crippen MR) is 133 cm³/mol. The van der Waals surface area contributed by atoms with Gasteiger partial charge in [-0.15, -0.1) is 0 Å². The van der Waals surface area contributed by atoms with E-state index in [-0.39, 0.29) is 0 Å². The standard InChI is InChI=1S/C25H26ClN3O3S/c1-33(31,32)27-25(30)20-8-12-23(13-9-20)29-16-14-28(15-17-29)18-21-4-2-3-5-24(21)19-6-10-22(26)11-7-19/h2-13H,14-18H2,1H3,(H,27,30). The third kappa shape index (κ3) is 6.13. The van der Waals surface area contributed by atoms with Crippen molar-refractivity contribution in [1.82, 2.24) is 9.62 Å². The first kappa shape index (κ1) is 23.3. The highest BCUT2D eigenvalue weighted by Gasteiger charge is 2.19. The van der Waals surface area contributed by atoms with Crippen LogP contribution in [0.3, 0.4) is 0 Å². The summed E-state index contributed by atoms with van der Waals surface area (Å²) in [6, 6.07) is 23.5. The van der Waals surface area contributed by atoms with Gasteiger partial charge in [-0.1, -0.05) is 48.0 Å². The lowest BCUT2D eigenvalue weighted by Crippen LogP contribution is -2.46. The SMILES string of the molecule is CS(=O)(=O)NC(=O)c1ccc(N2CCN(Cc3ccccc3-c3ccc(Cl)cc3)CC2)cc1. The molecule has 0 unspecified atom stereocenters. The molecule has 6 nitrogen and oxygen atoms in total. The number of rotatable bonds is 6. The molecular formula is C25H26ClN3O3S. The summed E-state index contributed by atoms with van der Waals surface area (Å²) in [7, 11) is -3.58. The zero-order chi connectivity index (χ0) is 23.4. The number of halogens is 1. The molecule has 3 aromatic carbocycles. The minimum atomic E-state index is -3.58. The lowest BCUT2D eigenvalue weighted by molar-refractivity contribution is 0.0981. The molecule has 3 aromatic rings. The lowest BCUT2D eigenvalue weighted by atomic mass is 9.99. The van der Waals surface area contributed by atoms with Crippen LogP contribution in [0.1, 0.15) is 15.9 Å². The zero-order valence-electron chi connectivity index (χ0n) is 18.4. The van der Waals surface area contributed by atoms with Gasteiger partial charge in [-0.25, -0.2) is 13.1 Å². The summed E-state index contributed by atoms with van der Waals surface area (Å²) in [6.45, 7) is 4.46. The maximum Gasteiger partial charge on any atom is 0.264 e. The molecule has 0 radical (unpaired) electrons. The summed E-state index contributed by atoms with van der Waals surface area (Å²) in [5.74, 6) is -0.617. The van der Waals surface area contributed by atoms with E-state index in [4.69, 9.17) is 11.6 Å². The molecule has 0 saturated carbocycles. The molecule has 1 saturated heterocycles. The van der Waals surface area contributed by atoms with Crippen molar-refractivity contribution in [3.63, 3.8) is 0 Å². The number of sulfonamides is 1. The van der Waals surface area contributed by atoms with Crippen molar-refractivity contribution in [2.24, 2.45) is 0 Å². The molecule has 0 aromatic heterocycles. The Bertz CT molecular complexity index is 1220. The Balaban J connectivity index is 1.37. The van der Waals surface area contributed by atoms with Gasteiger partial charge in [0.1, 0.15) is 0 Å². The van der Waals surface area contributed by atoms with Crippen LogP contribution in [0.15, 0.2) is 72.8 Å². The normalized spacial score (nSPS) is 14.8. The van der Waals surface area contributed by atoms with Crippen molar-refractivity contribution >= 4 is 33.2 Å². The minimum Gasteiger partial charge on any atom is -0.369 e. The third-order valence-electron chi connectivity index (χ3n) is 5.71. The largest absolute Gasteiger partial charge is 0.369 e. The van der Waals surface area contributed by atoms with Crippen LogP contribution in [0.25, 0.3) is 11.1 Å². The number of carbonyl (C=O) groups is 1. The number of carbonyl (C=O) groups excluding carboxylic acids is 1. The lowest BCUT2D eigenvalue weighted by Gasteiger charge is -2.36. The van der Waals surface area contributed by atoms with Crippen molar-refractivity contribution in [3.05, 3.63) is 88.9 Å². The van der Waals surface area contributed by atoms with Crippen molar-refractivity contribution < 1.29 is 13.2 Å². The molecule has 1 fully saturated rings. The summed E-state index contributed by atoms with van der Waals surface area (Å²) < 4.78 is 24.5. The molecule has 172 valence electrons. The van der Waals surface area contributed by atoms with Crippen LogP contribution in [0.4, 0.5) is 5.69 Å². The Labute approximate surface area is 199 Å². The highest BCUT2D eigenvalue weighted by Crippen LogP contribution is 2.27. The Morgan fingerprint density at radius 3 is 2.18 bits per heavy atom. The van der Waals surface area contributed by atoms with Gasteiger partial charge in [0.25, 0.3) is 5.91 Å². The van der Waals surface area contributed by atoms with E-state index in [1.165, 1.54) is 11.1 Å². The van der Waals surface area contributed by atoms with E-state index in [0.29, 0.717) is 5.56 Å². The summed E-state index contributed by atoms with van der Waals surface area (Å²) >= 11 is 6.05. The average molecular weight is 484 g/mol. The third-order valence-corrected chi connectivity index (χ3v) is 6.52. The van der Waals surface area contributed by atoms with Crippen molar-refractivity contribution in [1.29, 1.82) is 0 Å². The average Bonchev–Trinajstić information content (AvgIpc) is 2.80. The van der Waals surface area contributed by atoms with Crippen molar-refractivity contribution in [2.45, 2.75) is 6.54 Å². The fourth-order valence-corrected chi connectivity index (χ4v) is 4.61. The molecule has 1 N–H and O–H groups in total. The highest BCUT2D eigenvalue weighted by atomic mass is 35.5. The van der Waals surface area contributed by atoms with Crippen LogP contribution >= 0.6 is 11.6 Å². The number of benzene rings is 3. The summed E-state index contributed by atoms with van der Waals surface area (Å²) in [5, 5.41) is 0.733. The van der Waals surface area contributed by atoms with Gasteiger partial charge in [0.15, 0.2) is 0 Å². The molecular weight excluding hydrogens is 458 g/mol. The number of nitrogens with zero attached hydrogens (tertiary/aromatic N) is 2. The van der Waals surface area contributed by atoms with Gasteiger partial charge in [0, 0.05) is 49.0 Å². The Morgan fingerprint density at radius 2 is 1.55 bits per heavy atom. The maximum absolute atomic E-state index is 12.0. The molecule has 1 heterocycles.